The smallest absolute Gasteiger partial charge is 0.329 e. The van der Waals surface area contributed by atoms with Crippen molar-refractivity contribution in [1.29, 1.82) is 0 Å². The van der Waals surface area contributed by atoms with Gasteiger partial charge in [-0.2, -0.15) is 0 Å². The molecular formula is C19H28N2O3. The maximum absolute atomic E-state index is 12.9. The van der Waals surface area contributed by atoms with Gasteiger partial charge in [0, 0.05) is 19.5 Å². The van der Waals surface area contributed by atoms with Crippen LogP contribution in [0.25, 0.3) is 0 Å². The molecule has 1 N–H and O–H groups in total. The van der Waals surface area contributed by atoms with Crippen LogP contribution in [0.4, 0.5) is 0 Å². The molecule has 0 unspecified atom stereocenters. The summed E-state index contributed by atoms with van der Waals surface area (Å²) in [4.78, 5) is 27.0. The third-order valence-electron chi connectivity index (χ3n) is 4.24. The molecule has 0 aliphatic carbocycles. The number of nitrogens with zero attached hydrogens (tertiary/aromatic N) is 1. The molecule has 24 heavy (non-hydrogen) atoms. The molecule has 0 bridgehead atoms. The summed E-state index contributed by atoms with van der Waals surface area (Å²) < 4.78 is 5.24. The Morgan fingerprint density at radius 1 is 1.33 bits per heavy atom. The van der Waals surface area contributed by atoms with Crippen molar-refractivity contribution in [2.24, 2.45) is 5.92 Å². The Kier molecular flexibility index (Phi) is 6.79. The zero-order valence-electron chi connectivity index (χ0n) is 14.8. The molecule has 1 heterocycles. The Balaban J connectivity index is 2.18. The van der Waals surface area contributed by atoms with Gasteiger partial charge in [0.05, 0.1) is 12.6 Å². The van der Waals surface area contributed by atoms with E-state index in [0.29, 0.717) is 32.0 Å². The van der Waals surface area contributed by atoms with Gasteiger partial charge >= 0.3 is 5.97 Å². The predicted octanol–water partition coefficient (Wildman–Crippen LogP) is 2.01. The van der Waals surface area contributed by atoms with Crippen molar-refractivity contribution < 1.29 is 14.3 Å². The van der Waals surface area contributed by atoms with Crippen LogP contribution in [0, 0.1) is 5.92 Å². The Morgan fingerprint density at radius 3 is 2.67 bits per heavy atom. The summed E-state index contributed by atoms with van der Waals surface area (Å²) in [6.07, 6.45) is 1.26. The summed E-state index contributed by atoms with van der Waals surface area (Å²) in [6.45, 7) is 7.54. The molecule has 132 valence electrons. The largest absolute Gasteiger partial charge is 0.464 e. The van der Waals surface area contributed by atoms with Gasteiger partial charge in [-0.1, -0.05) is 44.2 Å². The minimum atomic E-state index is -0.559. The zero-order chi connectivity index (χ0) is 17.5. The summed E-state index contributed by atoms with van der Waals surface area (Å²) in [6, 6.07) is 9.01. The second kappa shape index (κ2) is 8.83. The van der Waals surface area contributed by atoms with Crippen LogP contribution < -0.4 is 5.32 Å². The lowest BCUT2D eigenvalue weighted by Gasteiger charge is -2.38. The normalized spacial score (nSPS) is 19.4. The number of carbonyl (C=O) groups excluding carboxylic acids is 2. The molecular weight excluding hydrogens is 304 g/mol. The van der Waals surface area contributed by atoms with Crippen LogP contribution >= 0.6 is 0 Å². The van der Waals surface area contributed by atoms with Gasteiger partial charge in [0.15, 0.2) is 0 Å². The first-order chi connectivity index (χ1) is 11.5. The molecule has 1 fully saturated rings. The molecule has 0 radical (unpaired) electrons. The van der Waals surface area contributed by atoms with E-state index in [0.717, 1.165) is 12.0 Å². The molecule has 0 spiro atoms. The number of piperazine rings is 1. The zero-order valence-corrected chi connectivity index (χ0v) is 14.8. The highest BCUT2D eigenvalue weighted by molar-refractivity contribution is 5.88. The van der Waals surface area contributed by atoms with Gasteiger partial charge in [-0.25, -0.2) is 4.79 Å². The molecule has 0 aromatic heterocycles. The van der Waals surface area contributed by atoms with Gasteiger partial charge in [-0.15, -0.1) is 0 Å². The van der Waals surface area contributed by atoms with Gasteiger partial charge < -0.3 is 15.0 Å². The first kappa shape index (κ1) is 18.5. The fraction of sp³-hybridized carbons (Fsp3) is 0.579. The van der Waals surface area contributed by atoms with Crippen LogP contribution in [0.2, 0.25) is 0 Å². The molecule has 1 amide bonds. The van der Waals surface area contributed by atoms with Crippen molar-refractivity contribution in [3.63, 3.8) is 0 Å². The maximum atomic E-state index is 12.9. The Morgan fingerprint density at radius 2 is 2.04 bits per heavy atom. The lowest BCUT2D eigenvalue weighted by atomic mass is 9.98. The Labute approximate surface area is 144 Å². The van der Waals surface area contributed by atoms with Gasteiger partial charge in [0.1, 0.15) is 6.04 Å². The maximum Gasteiger partial charge on any atom is 0.329 e. The summed E-state index contributed by atoms with van der Waals surface area (Å²) in [5.41, 5.74) is 1.03. The monoisotopic (exact) mass is 332 g/mol. The van der Waals surface area contributed by atoms with Gasteiger partial charge in [-0.3, -0.25) is 4.79 Å². The molecule has 5 heteroatoms. The van der Waals surface area contributed by atoms with E-state index in [1.54, 1.807) is 11.8 Å². The lowest BCUT2D eigenvalue weighted by molar-refractivity contribution is -0.157. The average molecular weight is 332 g/mol. The number of hydrogen-bond acceptors (Lipinski definition) is 4. The third-order valence-corrected chi connectivity index (χ3v) is 4.24. The second-order valence-corrected chi connectivity index (χ2v) is 6.63. The average Bonchev–Trinajstić information content (AvgIpc) is 2.56. The van der Waals surface area contributed by atoms with Crippen molar-refractivity contribution in [2.75, 3.05) is 19.7 Å². The van der Waals surface area contributed by atoms with E-state index in [2.05, 4.69) is 19.2 Å². The van der Waals surface area contributed by atoms with Crippen molar-refractivity contribution in [3.05, 3.63) is 35.9 Å². The second-order valence-electron chi connectivity index (χ2n) is 6.63. The van der Waals surface area contributed by atoms with Crippen LogP contribution in [0.5, 0.6) is 0 Å². The van der Waals surface area contributed by atoms with E-state index in [1.165, 1.54) is 0 Å². The van der Waals surface area contributed by atoms with Crippen molar-refractivity contribution >= 4 is 11.9 Å². The highest BCUT2D eigenvalue weighted by atomic mass is 16.5. The fourth-order valence-electron chi connectivity index (χ4n) is 3.12. The number of carbonyl (C=O) groups is 2. The predicted molar refractivity (Wildman–Crippen MR) is 93.5 cm³/mol. The van der Waals surface area contributed by atoms with Crippen molar-refractivity contribution in [1.82, 2.24) is 10.2 Å². The first-order valence-electron chi connectivity index (χ1n) is 8.77. The highest BCUT2D eigenvalue weighted by Crippen LogP contribution is 2.17. The molecule has 1 saturated heterocycles. The minimum absolute atomic E-state index is 0.00364. The van der Waals surface area contributed by atoms with Crippen LogP contribution in [0.15, 0.2) is 30.3 Å². The van der Waals surface area contributed by atoms with E-state index in [1.807, 2.05) is 30.3 Å². The molecule has 2 rings (SSSR count). The summed E-state index contributed by atoms with van der Waals surface area (Å²) >= 11 is 0. The third kappa shape index (κ3) is 4.81. The number of benzene rings is 1. The molecule has 1 aliphatic heterocycles. The molecule has 1 aromatic carbocycles. The number of hydrogen-bond donors (Lipinski definition) is 1. The van der Waals surface area contributed by atoms with Crippen LogP contribution in [0.1, 0.15) is 32.8 Å². The van der Waals surface area contributed by atoms with Crippen LogP contribution in [-0.2, 0) is 20.7 Å². The van der Waals surface area contributed by atoms with E-state index in [4.69, 9.17) is 4.74 Å². The van der Waals surface area contributed by atoms with E-state index < -0.39 is 6.04 Å². The topological polar surface area (TPSA) is 58.6 Å². The summed E-state index contributed by atoms with van der Waals surface area (Å²) in [5, 5.41) is 3.28. The lowest BCUT2D eigenvalue weighted by Crippen LogP contribution is -2.60. The molecule has 1 aromatic rings. The Hall–Kier alpha value is -1.88. The van der Waals surface area contributed by atoms with E-state index >= 15 is 0 Å². The van der Waals surface area contributed by atoms with E-state index in [9.17, 15) is 9.59 Å². The van der Waals surface area contributed by atoms with Crippen LogP contribution in [-0.4, -0.2) is 48.6 Å². The number of esters is 1. The SMILES string of the molecule is CCOC(=O)[C@@H](Cc1ccccc1)N1CCN[C@H](CC(C)C)C1=O. The first-order valence-corrected chi connectivity index (χ1v) is 8.77. The summed E-state index contributed by atoms with van der Waals surface area (Å²) in [7, 11) is 0. The van der Waals surface area contributed by atoms with Gasteiger partial charge in [0.25, 0.3) is 0 Å². The minimum Gasteiger partial charge on any atom is -0.464 e. The molecule has 1 aliphatic rings. The standard InChI is InChI=1S/C19H28N2O3/c1-4-24-19(23)17(13-15-8-6-5-7-9-15)21-11-10-20-16(18(21)22)12-14(2)3/h5-9,14,16-17,20H,4,10-13H2,1-3H3/t16-,17-/m1/s1. The van der Waals surface area contributed by atoms with Gasteiger partial charge in [0.2, 0.25) is 5.91 Å². The van der Waals surface area contributed by atoms with E-state index in [-0.39, 0.29) is 17.9 Å². The number of rotatable bonds is 7. The number of ether oxygens (including phenoxy) is 1. The molecule has 2 atom stereocenters. The van der Waals surface area contributed by atoms with Crippen LogP contribution in [0.3, 0.4) is 0 Å². The fourth-order valence-corrected chi connectivity index (χ4v) is 3.12. The highest BCUT2D eigenvalue weighted by Gasteiger charge is 2.37. The number of amides is 1. The molecule has 5 nitrogen and oxygen atoms in total. The quantitative estimate of drug-likeness (QED) is 0.776. The molecule has 0 saturated carbocycles. The van der Waals surface area contributed by atoms with Crippen molar-refractivity contribution in [2.45, 2.75) is 45.7 Å². The number of nitrogens with one attached hydrogen (secondary N) is 1. The summed E-state index contributed by atoms with van der Waals surface area (Å²) in [5.74, 6) is 0.102. The van der Waals surface area contributed by atoms with Crippen molar-refractivity contribution in [3.8, 4) is 0 Å². The van der Waals surface area contributed by atoms with Gasteiger partial charge in [-0.05, 0) is 24.8 Å². The Bertz CT molecular complexity index is 545.